The quantitative estimate of drug-likeness (QED) is 0.439. The molecule has 0 saturated heterocycles. The third kappa shape index (κ3) is 3.82. The van der Waals surface area contributed by atoms with Crippen LogP contribution in [0.25, 0.3) is 0 Å². The molecule has 0 bridgehead atoms. The average Bonchev–Trinajstić information content (AvgIpc) is 1.89. The zero-order valence-electron chi connectivity index (χ0n) is 7.05. The van der Waals surface area contributed by atoms with Crippen LogP contribution in [0.2, 0.25) is 0 Å². The van der Waals surface area contributed by atoms with Gasteiger partial charge in [-0.15, -0.1) is 0 Å². The van der Waals surface area contributed by atoms with E-state index in [0.29, 0.717) is 12.0 Å². The second-order valence-corrected chi connectivity index (χ2v) is 2.80. The number of hydrogen-bond donors (Lipinski definition) is 2. The van der Waals surface area contributed by atoms with E-state index < -0.39 is 0 Å². The van der Waals surface area contributed by atoms with Crippen molar-refractivity contribution in [2.24, 2.45) is 11.8 Å². The van der Waals surface area contributed by atoms with Crippen molar-refractivity contribution in [3.05, 3.63) is 0 Å². The fourth-order valence-electron chi connectivity index (χ4n) is 0.854. The van der Waals surface area contributed by atoms with Gasteiger partial charge in [-0.2, -0.15) is 0 Å². The molecule has 0 aliphatic rings. The molecular formula is C7H18N2O. The predicted octanol–water partition coefficient (Wildman–Crippen LogP) is 0.511. The van der Waals surface area contributed by atoms with E-state index in [2.05, 4.69) is 19.3 Å². The van der Waals surface area contributed by atoms with Gasteiger partial charge in [0.25, 0.3) is 0 Å². The lowest BCUT2D eigenvalue weighted by molar-refractivity contribution is 0.174. The molecule has 3 N–H and O–H groups in total. The number of nitrogens with two attached hydrogens (primary N) is 1. The Morgan fingerprint density at radius 3 is 2.40 bits per heavy atom. The molecule has 0 aromatic rings. The first-order chi connectivity index (χ1) is 4.72. The van der Waals surface area contributed by atoms with E-state index in [-0.39, 0.29) is 0 Å². The minimum absolute atomic E-state index is 0.375. The highest BCUT2D eigenvalue weighted by molar-refractivity contribution is 4.66. The first kappa shape index (κ1) is 9.88. The Balaban J connectivity index is 3.40. The van der Waals surface area contributed by atoms with Crippen molar-refractivity contribution in [1.82, 2.24) is 5.43 Å². The van der Waals surface area contributed by atoms with Gasteiger partial charge in [-0.3, -0.25) is 11.3 Å². The van der Waals surface area contributed by atoms with Crippen molar-refractivity contribution >= 4 is 0 Å². The predicted molar refractivity (Wildman–Crippen MR) is 42.4 cm³/mol. The molecule has 0 fully saturated rings. The topological polar surface area (TPSA) is 47.3 Å². The molecule has 0 radical (unpaired) electrons. The van der Waals surface area contributed by atoms with E-state index in [1.807, 2.05) is 0 Å². The summed E-state index contributed by atoms with van der Waals surface area (Å²) < 4.78 is 4.93. The van der Waals surface area contributed by atoms with Crippen LogP contribution < -0.4 is 11.3 Å². The minimum atomic E-state index is 0.375. The molecular weight excluding hydrogens is 128 g/mol. The maximum absolute atomic E-state index is 5.31. The molecule has 3 heteroatoms. The second kappa shape index (κ2) is 5.65. The highest BCUT2D eigenvalue weighted by Crippen LogP contribution is 2.03. The zero-order valence-corrected chi connectivity index (χ0v) is 7.05. The Kier molecular flexibility index (Phi) is 5.58. The van der Waals surface area contributed by atoms with Gasteiger partial charge >= 0.3 is 0 Å². The van der Waals surface area contributed by atoms with E-state index >= 15 is 0 Å². The molecule has 1 atom stereocenters. The van der Waals surface area contributed by atoms with Gasteiger partial charge in [-0.05, 0) is 12.3 Å². The van der Waals surface area contributed by atoms with Crippen LogP contribution in [0.5, 0.6) is 0 Å². The number of hydrogen-bond acceptors (Lipinski definition) is 3. The summed E-state index contributed by atoms with van der Waals surface area (Å²) in [6.07, 6.45) is 0.977. The first-order valence-electron chi connectivity index (χ1n) is 3.67. The van der Waals surface area contributed by atoms with Gasteiger partial charge in [-0.25, -0.2) is 0 Å². The summed E-state index contributed by atoms with van der Waals surface area (Å²) in [5, 5.41) is 0. The summed E-state index contributed by atoms with van der Waals surface area (Å²) in [5.74, 6) is 5.88. The van der Waals surface area contributed by atoms with Crippen molar-refractivity contribution in [2.45, 2.75) is 26.3 Å². The Bertz CT molecular complexity index is 76.0. The summed E-state index contributed by atoms with van der Waals surface area (Å²) in [6.45, 7) is 5.05. The molecule has 1 unspecified atom stereocenters. The van der Waals surface area contributed by atoms with Crippen LogP contribution in [0.15, 0.2) is 0 Å². The fourth-order valence-corrected chi connectivity index (χ4v) is 0.854. The van der Waals surface area contributed by atoms with Crippen LogP contribution in [-0.4, -0.2) is 19.8 Å². The van der Waals surface area contributed by atoms with E-state index in [1.54, 1.807) is 7.11 Å². The van der Waals surface area contributed by atoms with Gasteiger partial charge in [0, 0.05) is 19.8 Å². The van der Waals surface area contributed by atoms with Crippen molar-refractivity contribution in [3.63, 3.8) is 0 Å². The minimum Gasteiger partial charge on any atom is -0.385 e. The number of rotatable bonds is 5. The van der Waals surface area contributed by atoms with Gasteiger partial charge in [0.05, 0.1) is 0 Å². The van der Waals surface area contributed by atoms with Crippen LogP contribution in [0.3, 0.4) is 0 Å². The summed E-state index contributed by atoms with van der Waals surface area (Å²) in [6, 6.07) is 0.375. The summed E-state index contributed by atoms with van der Waals surface area (Å²) in [7, 11) is 1.70. The molecule has 0 aromatic heterocycles. The molecule has 0 saturated carbocycles. The highest BCUT2D eigenvalue weighted by Gasteiger charge is 2.09. The molecule has 0 spiro atoms. The van der Waals surface area contributed by atoms with E-state index in [4.69, 9.17) is 10.6 Å². The molecule has 0 aromatic carbocycles. The number of hydrazine groups is 1. The smallest absolute Gasteiger partial charge is 0.0477 e. The lowest BCUT2D eigenvalue weighted by atomic mass is 10.0. The third-order valence-electron chi connectivity index (χ3n) is 1.65. The fraction of sp³-hybridized carbons (Fsp3) is 1.00. The zero-order chi connectivity index (χ0) is 7.98. The van der Waals surface area contributed by atoms with Crippen molar-refractivity contribution < 1.29 is 4.74 Å². The Labute approximate surface area is 62.9 Å². The van der Waals surface area contributed by atoms with Crippen LogP contribution in [0.1, 0.15) is 20.3 Å². The normalized spacial score (nSPS) is 14.1. The van der Waals surface area contributed by atoms with E-state index in [1.165, 1.54) is 0 Å². The van der Waals surface area contributed by atoms with Crippen molar-refractivity contribution in [3.8, 4) is 0 Å². The Morgan fingerprint density at radius 1 is 1.50 bits per heavy atom. The molecule has 10 heavy (non-hydrogen) atoms. The lowest BCUT2D eigenvalue weighted by Gasteiger charge is -2.18. The van der Waals surface area contributed by atoms with Crippen LogP contribution in [0.4, 0.5) is 0 Å². The van der Waals surface area contributed by atoms with Crippen LogP contribution in [0, 0.1) is 5.92 Å². The number of methoxy groups -OCH3 is 1. The highest BCUT2D eigenvalue weighted by atomic mass is 16.5. The van der Waals surface area contributed by atoms with Gasteiger partial charge < -0.3 is 4.74 Å². The van der Waals surface area contributed by atoms with Gasteiger partial charge in [0.2, 0.25) is 0 Å². The molecule has 0 rings (SSSR count). The SMILES string of the molecule is COCCC(NN)C(C)C. The third-order valence-corrected chi connectivity index (χ3v) is 1.65. The average molecular weight is 146 g/mol. The Hall–Kier alpha value is -0.120. The second-order valence-electron chi connectivity index (χ2n) is 2.80. The molecule has 3 nitrogen and oxygen atoms in total. The van der Waals surface area contributed by atoms with Crippen molar-refractivity contribution in [1.29, 1.82) is 0 Å². The van der Waals surface area contributed by atoms with Gasteiger partial charge in [-0.1, -0.05) is 13.8 Å². The number of nitrogens with one attached hydrogen (secondary N) is 1. The summed E-state index contributed by atoms with van der Waals surface area (Å²) in [5.41, 5.74) is 2.76. The van der Waals surface area contributed by atoms with Gasteiger partial charge in [0.1, 0.15) is 0 Å². The maximum Gasteiger partial charge on any atom is 0.0477 e. The van der Waals surface area contributed by atoms with Gasteiger partial charge in [0.15, 0.2) is 0 Å². The molecule has 0 heterocycles. The van der Waals surface area contributed by atoms with Crippen LogP contribution >= 0.6 is 0 Å². The first-order valence-corrected chi connectivity index (χ1v) is 3.67. The van der Waals surface area contributed by atoms with Crippen molar-refractivity contribution in [2.75, 3.05) is 13.7 Å². The molecule has 62 valence electrons. The number of ether oxygens (including phenoxy) is 1. The monoisotopic (exact) mass is 146 g/mol. The standard InChI is InChI=1S/C7H18N2O/c1-6(2)7(9-8)4-5-10-3/h6-7,9H,4-5,8H2,1-3H3. The summed E-state index contributed by atoms with van der Waals surface area (Å²) >= 11 is 0. The van der Waals surface area contributed by atoms with E-state index in [9.17, 15) is 0 Å². The molecule has 0 aliphatic heterocycles. The Morgan fingerprint density at radius 2 is 2.10 bits per heavy atom. The maximum atomic E-state index is 5.31. The van der Waals surface area contributed by atoms with Crippen LogP contribution in [-0.2, 0) is 4.74 Å². The molecule has 0 amide bonds. The molecule has 0 aliphatic carbocycles. The largest absolute Gasteiger partial charge is 0.385 e. The lowest BCUT2D eigenvalue weighted by Crippen LogP contribution is -2.39. The van der Waals surface area contributed by atoms with E-state index in [0.717, 1.165) is 13.0 Å². The summed E-state index contributed by atoms with van der Waals surface area (Å²) in [4.78, 5) is 0.